The Kier molecular flexibility index (Phi) is 1.96. The third-order valence-corrected chi connectivity index (χ3v) is 3.14. The van der Waals surface area contributed by atoms with E-state index in [0.717, 1.165) is 19.4 Å². The van der Waals surface area contributed by atoms with Crippen molar-refractivity contribution >= 4 is 11.3 Å². The van der Waals surface area contributed by atoms with Gasteiger partial charge >= 0.3 is 0 Å². The van der Waals surface area contributed by atoms with Gasteiger partial charge in [-0.05, 0) is 23.4 Å². The van der Waals surface area contributed by atoms with Gasteiger partial charge < -0.3 is 4.74 Å². The molecule has 1 aromatic heterocycles. The molecule has 0 saturated carbocycles. The maximum Gasteiger partial charge on any atom is 0.0833 e. The lowest BCUT2D eigenvalue weighted by Crippen LogP contribution is -2.12. The molecule has 0 spiro atoms. The van der Waals surface area contributed by atoms with Gasteiger partial charge in [0.05, 0.1) is 12.7 Å². The fourth-order valence-electron chi connectivity index (χ4n) is 1.56. The van der Waals surface area contributed by atoms with Gasteiger partial charge in [-0.25, -0.2) is 0 Å². The van der Waals surface area contributed by atoms with Crippen LogP contribution < -0.4 is 0 Å². The molecule has 0 amide bonds. The van der Waals surface area contributed by atoms with Crippen molar-refractivity contribution in [3.63, 3.8) is 0 Å². The Hall–Kier alpha value is -0.340. The highest BCUT2D eigenvalue weighted by Gasteiger charge is 2.19. The van der Waals surface area contributed by atoms with E-state index in [2.05, 4.69) is 18.4 Å². The second kappa shape index (κ2) is 2.95. The fourth-order valence-corrected chi connectivity index (χ4v) is 2.48. The lowest BCUT2D eigenvalue weighted by molar-refractivity contribution is 0.0412. The van der Waals surface area contributed by atoms with Crippen LogP contribution in [0, 0.1) is 0 Å². The van der Waals surface area contributed by atoms with Crippen molar-refractivity contribution in [2.45, 2.75) is 25.9 Å². The van der Waals surface area contributed by atoms with Crippen LogP contribution in [0.5, 0.6) is 0 Å². The van der Waals surface area contributed by atoms with Crippen molar-refractivity contribution < 1.29 is 4.74 Å². The summed E-state index contributed by atoms with van der Waals surface area (Å²) in [5, 5.41) is 2.17. The number of hydrogen-bond acceptors (Lipinski definition) is 2. The average Bonchev–Trinajstić information content (AvgIpc) is 2.50. The minimum absolute atomic E-state index is 0.380. The third-order valence-electron chi connectivity index (χ3n) is 2.15. The molecule has 1 atom stereocenters. The molecule has 0 fully saturated rings. The van der Waals surface area contributed by atoms with Crippen molar-refractivity contribution in [3.05, 3.63) is 21.9 Å². The highest BCUT2D eigenvalue weighted by Crippen LogP contribution is 2.32. The lowest BCUT2D eigenvalue weighted by atomic mass is 10.1. The monoisotopic (exact) mass is 168 g/mol. The molecule has 0 bridgehead atoms. The summed E-state index contributed by atoms with van der Waals surface area (Å²) in [6, 6.07) is 2.20. The molecular formula is C9H12OS. The first-order valence-electron chi connectivity index (χ1n) is 4.09. The molecule has 0 unspecified atom stereocenters. The van der Waals surface area contributed by atoms with Crippen LogP contribution in [-0.4, -0.2) is 6.61 Å². The van der Waals surface area contributed by atoms with Gasteiger partial charge in [-0.1, -0.05) is 6.92 Å². The molecule has 2 heterocycles. The van der Waals surface area contributed by atoms with Crippen molar-refractivity contribution in [3.8, 4) is 0 Å². The van der Waals surface area contributed by atoms with Crippen LogP contribution in [0.4, 0.5) is 0 Å². The minimum atomic E-state index is 0.380. The summed E-state index contributed by atoms with van der Waals surface area (Å²) >= 11 is 1.86. The molecule has 0 N–H and O–H groups in total. The minimum Gasteiger partial charge on any atom is -0.373 e. The third kappa shape index (κ3) is 1.21. The van der Waals surface area contributed by atoms with Crippen molar-refractivity contribution in [2.75, 3.05) is 6.61 Å². The van der Waals surface area contributed by atoms with E-state index in [0.29, 0.717) is 6.10 Å². The second-order valence-electron chi connectivity index (χ2n) is 2.82. The Morgan fingerprint density at radius 2 is 2.64 bits per heavy atom. The van der Waals surface area contributed by atoms with E-state index < -0.39 is 0 Å². The van der Waals surface area contributed by atoms with Crippen LogP contribution in [0.3, 0.4) is 0 Å². The zero-order valence-electron chi connectivity index (χ0n) is 6.67. The largest absolute Gasteiger partial charge is 0.373 e. The molecule has 0 radical (unpaired) electrons. The van der Waals surface area contributed by atoms with Gasteiger partial charge in [0.2, 0.25) is 0 Å². The van der Waals surface area contributed by atoms with E-state index in [1.165, 1.54) is 10.4 Å². The molecule has 1 aliphatic heterocycles. The molecule has 0 aliphatic carbocycles. The summed E-state index contributed by atoms with van der Waals surface area (Å²) in [6.45, 7) is 3.09. The summed E-state index contributed by atoms with van der Waals surface area (Å²) in [6.07, 6.45) is 2.60. The standard InChI is InChI=1S/C9H12OS/c1-2-8-7-4-6-11-9(7)3-5-10-8/h4,6,8H,2-3,5H2,1H3/t8-/m1/s1. The smallest absolute Gasteiger partial charge is 0.0833 e. The molecular weight excluding hydrogens is 156 g/mol. The molecule has 11 heavy (non-hydrogen) atoms. The molecule has 1 aromatic rings. The van der Waals surface area contributed by atoms with Gasteiger partial charge in [0.1, 0.15) is 0 Å². The normalized spacial score (nSPS) is 23.2. The van der Waals surface area contributed by atoms with Crippen LogP contribution in [0.2, 0.25) is 0 Å². The van der Waals surface area contributed by atoms with Crippen LogP contribution in [0.25, 0.3) is 0 Å². The number of rotatable bonds is 1. The van der Waals surface area contributed by atoms with Crippen molar-refractivity contribution in [1.82, 2.24) is 0 Å². The van der Waals surface area contributed by atoms with E-state index in [4.69, 9.17) is 4.74 Å². The van der Waals surface area contributed by atoms with Gasteiger partial charge in [-0.15, -0.1) is 11.3 Å². The number of ether oxygens (including phenoxy) is 1. The van der Waals surface area contributed by atoms with Gasteiger partial charge in [-0.3, -0.25) is 0 Å². The van der Waals surface area contributed by atoms with E-state index >= 15 is 0 Å². The number of fused-ring (bicyclic) bond motifs is 1. The Morgan fingerprint density at radius 1 is 1.73 bits per heavy atom. The molecule has 1 nitrogen and oxygen atoms in total. The second-order valence-corrected chi connectivity index (χ2v) is 3.82. The zero-order chi connectivity index (χ0) is 7.68. The van der Waals surface area contributed by atoms with Crippen LogP contribution in [0.1, 0.15) is 29.9 Å². The van der Waals surface area contributed by atoms with E-state index in [9.17, 15) is 0 Å². The summed E-state index contributed by atoms with van der Waals surface area (Å²) in [4.78, 5) is 1.53. The van der Waals surface area contributed by atoms with Gasteiger partial charge in [0.15, 0.2) is 0 Å². The zero-order valence-corrected chi connectivity index (χ0v) is 7.49. The molecule has 1 aliphatic rings. The fraction of sp³-hybridized carbons (Fsp3) is 0.556. The SMILES string of the molecule is CC[C@H]1OCCc2sccc21. The molecule has 2 heteroatoms. The first-order chi connectivity index (χ1) is 5.42. The average molecular weight is 168 g/mol. The molecule has 60 valence electrons. The maximum atomic E-state index is 5.62. The Morgan fingerprint density at radius 3 is 3.45 bits per heavy atom. The van der Waals surface area contributed by atoms with Crippen LogP contribution >= 0.6 is 11.3 Å². The van der Waals surface area contributed by atoms with Crippen molar-refractivity contribution in [2.24, 2.45) is 0 Å². The van der Waals surface area contributed by atoms with Crippen LogP contribution in [-0.2, 0) is 11.2 Å². The number of hydrogen-bond donors (Lipinski definition) is 0. The highest BCUT2D eigenvalue weighted by molar-refractivity contribution is 7.10. The topological polar surface area (TPSA) is 9.23 Å². The Balaban J connectivity index is 2.32. The first-order valence-corrected chi connectivity index (χ1v) is 4.97. The van der Waals surface area contributed by atoms with Gasteiger partial charge in [0.25, 0.3) is 0 Å². The number of thiophene rings is 1. The van der Waals surface area contributed by atoms with E-state index in [1.54, 1.807) is 0 Å². The predicted octanol–water partition coefficient (Wildman–Crippen LogP) is 2.77. The van der Waals surface area contributed by atoms with Crippen molar-refractivity contribution in [1.29, 1.82) is 0 Å². The lowest BCUT2D eigenvalue weighted by Gasteiger charge is -2.21. The Labute approximate surface area is 71.0 Å². The summed E-state index contributed by atoms with van der Waals surface area (Å²) in [7, 11) is 0. The quantitative estimate of drug-likeness (QED) is 0.626. The summed E-state index contributed by atoms with van der Waals surface area (Å²) in [5.74, 6) is 0. The summed E-state index contributed by atoms with van der Waals surface area (Å²) < 4.78 is 5.62. The summed E-state index contributed by atoms with van der Waals surface area (Å²) in [5.41, 5.74) is 1.43. The maximum absolute atomic E-state index is 5.62. The highest BCUT2D eigenvalue weighted by atomic mass is 32.1. The van der Waals surface area contributed by atoms with Gasteiger partial charge in [0, 0.05) is 11.3 Å². The van der Waals surface area contributed by atoms with E-state index in [-0.39, 0.29) is 0 Å². The van der Waals surface area contributed by atoms with E-state index in [1.807, 2.05) is 11.3 Å². The van der Waals surface area contributed by atoms with Gasteiger partial charge in [-0.2, -0.15) is 0 Å². The molecule has 0 aromatic carbocycles. The predicted molar refractivity (Wildman–Crippen MR) is 47.0 cm³/mol. The van der Waals surface area contributed by atoms with Crippen LogP contribution in [0.15, 0.2) is 11.4 Å². The molecule has 0 saturated heterocycles. The Bertz CT molecular complexity index is 241. The first kappa shape index (κ1) is 7.32. The molecule has 2 rings (SSSR count).